The van der Waals surface area contributed by atoms with Gasteiger partial charge in [0.25, 0.3) is 0 Å². The fourth-order valence-corrected chi connectivity index (χ4v) is 3.18. The van der Waals surface area contributed by atoms with Crippen LogP contribution in [0.25, 0.3) is 0 Å². The molecule has 2 aromatic rings. The summed E-state index contributed by atoms with van der Waals surface area (Å²) in [6.45, 7) is 2.54. The van der Waals surface area contributed by atoms with Crippen molar-refractivity contribution in [1.29, 1.82) is 0 Å². The second kappa shape index (κ2) is 9.30. The zero-order chi connectivity index (χ0) is 17.4. The molecule has 5 nitrogen and oxygen atoms in total. The van der Waals surface area contributed by atoms with E-state index < -0.39 is 0 Å². The Bertz CT molecular complexity index is 614. The Balaban J connectivity index is 1.73. The fraction of sp³-hybridized carbons (Fsp3) is 0.389. The third kappa shape index (κ3) is 6.22. The van der Waals surface area contributed by atoms with Crippen LogP contribution in [0.4, 0.5) is 4.79 Å². The summed E-state index contributed by atoms with van der Waals surface area (Å²) < 4.78 is 0. The SMILES string of the molecule is CN[C@H](CNC(=O)NC(C)Cc1ccsc1)Cc1ccc(O)cc1. The lowest BCUT2D eigenvalue weighted by Gasteiger charge is -2.19. The number of hydrogen-bond donors (Lipinski definition) is 4. The van der Waals surface area contributed by atoms with Gasteiger partial charge in [0.05, 0.1) is 0 Å². The lowest BCUT2D eigenvalue weighted by molar-refractivity contribution is 0.236. The summed E-state index contributed by atoms with van der Waals surface area (Å²) in [5.41, 5.74) is 2.36. The lowest BCUT2D eigenvalue weighted by Crippen LogP contribution is -2.47. The van der Waals surface area contributed by atoms with Crippen LogP contribution in [-0.4, -0.2) is 36.8 Å². The molecule has 6 heteroatoms. The molecule has 4 N–H and O–H groups in total. The normalized spacial score (nSPS) is 13.2. The molecule has 0 radical (unpaired) electrons. The molecule has 1 aromatic carbocycles. The monoisotopic (exact) mass is 347 g/mol. The molecule has 130 valence electrons. The Morgan fingerprint density at radius 3 is 2.54 bits per heavy atom. The standard InChI is InChI=1S/C18H25N3O2S/c1-13(9-15-7-8-24-12-15)21-18(23)20-11-16(19-2)10-14-3-5-17(22)6-4-14/h3-8,12-13,16,19,22H,9-11H2,1-2H3,(H2,20,21,23)/t13?,16-/m0/s1. The van der Waals surface area contributed by atoms with Gasteiger partial charge >= 0.3 is 6.03 Å². The minimum Gasteiger partial charge on any atom is -0.508 e. The molecule has 1 aromatic heterocycles. The molecule has 2 atom stereocenters. The molecule has 0 saturated carbocycles. The second-order valence-corrected chi connectivity index (χ2v) is 6.73. The maximum absolute atomic E-state index is 12.0. The number of nitrogens with one attached hydrogen (secondary N) is 3. The van der Waals surface area contributed by atoms with Crippen LogP contribution >= 0.6 is 11.3 Å². The number of amides is 2. The Morgan fingerprint density at radius 2 is 1.92 bits per heavy atom. The largest absolute Gasteiger partial charge is 0.508 e. The van der Waals surface area contributed by atoms with Gasteiger partial charge in [-0.05, 0) is 66.9 Å². The number of likely N-dealkylation sites (N-methyl/N-ethyl adjacent to an activating group) is 1. The number of urea groups is 1. The van der Waals surface area contributed by atoms with Gasteiger partial charge in [0.15, 0.2) is 0 Å². The minimum atomic E-state index is -0.149. The van der Waals surface area contributed by atoms with E-state index in [0.29, 0.717) is 6.54 Å². The van der Waals surface area contributed by atoms with E-state index in [-0.39, 0.29) is 23.9 Å². The number of carbonyl (C=O) groups excluding carboxylic acids is 1. The number of thiophene rings is 1. The lowest BCUT2D eigenvalue weighted by atomic mass is 10.1. The number of rotatable bonds is 8. The third-order valence-electron chi connectivity index (χ3n) is 3.84. The number of phenols is 1. The quantitative estimate of drug-likeness (QED) is 0.593. The van der Waals surface area contributed by atoms with Crippen molar-refractivity contribution in [1.82, 2.24) is 16.0 Å². The average Bonchev–Trinajstić information content (AvgIpc) is 3.06. The second-order valence-electron chi connectivity index (χ2n) is 5.95. The summed E-state index contributed by atoms with van der Waals surface area (Å²) in [7, 11) is 1.88. The van der Waals surface area contributed by atoms with Crippen LogP contribution in [0.3, 0.4) is 0 Å². The van der Waals surface area contributed by atoms with Gasteiger partial charge in [-0.1, -0.05) is 12.1 Å². The summed E-state index contributed by atoms with van der Waals surface area (Å²) >= 11 is 1.67. The van der Waals surface area contributed by atoms with Crippen LogP contribution in [-0.2, 0) is 12.8 Å². The molecule has 24 heavy (non-hydrogen) atoms. The first kappa shape index (κ1) is 18.3. The minimum absolute atomic E-state index is 0.0877. The Morgan fingerprint density at radius 1 is 1.17 bits per heavy atom. The molecule has 0 aliphatic heterocycles. The van der Waals surface area contributed by atoms with E-state index >= 15 is 0 Å². The highest BCUT2D eigenvalue weighted by Crippen LogP contribution is 2.11. The molecule has 1 heterocycles. The van der Waals surface area contributed by atoms with Crippen LogP contribution in [0.5, 0.6) is 5.75 Å². The molecule has 0 aliphatic carbocycles. The number of aromatic hydroxyl groups is 1. The van der Waals surface area contributed by atoms with E-state index in [1.807, 2.05) is 31.5 Å². The van der Waals surface area contributed by atoms with Gasteiger partial charge in [-0.3, -0.25) is 0 Å². The highest BCUT2D eigenvalue weighted by molar-refractivity contribution is 7.07. The number of benzene rings is 1. The highest BCUT2D eigenvalue weighted by atomic mass is 32.1. The number of carbonyl (C=O) groups is 1. The van der Waals surface area contributed by atoms with Crippen molar-refractivity contribution in [2.45, 2.75) is 31.8 Å². The van der Waals surface area contributed by atoms with Gasteiger partial charge in [-0.25, -0.2) is 4.79 Å². The van der Waals surface area contributed by atoms with Crippen LogP contribution in [0.1, 0.15) is 18.1 Å². The molecule has 0 bridgehead atoms. The summed E-state index contributed by atoms with van der Waals surface area (Å²) in [6, 6.07) is 9.28. The molecular formula is C18H25N3O2S. The van der Waals surface area contributed by atoms with Crippen molar-refractivity contribution in [3.05, 3.63) is 52.2 Å². The van der Waals surface area contributed by atoms with Crippen molar-refractivity contribution < 1.29 is 9.90 Å². The topological polar surface area (TPSA) is 73.4 Å². The Hall–Kier alpha value is -2.05. The van der Waals surface area contributed by atoms with Gasteiger partial charge in [-0.2, -0.15) is 11.3 Å². The first-order chi connectivity index (χ1) is 11.6. The van der Waals surface area contributed by atoms with E-state index in [2.05, 4.69) is 27.4 Å². The van der Waals surface area contributed by atoms with E-state index in [9.17, 15) is 9.90 Å². The van der Waals surface area contributed by atoms with Crippen molar-refractivity contribution in [3.63, 3.8) is 0 Å². The first-order valence-electron chi connectivity index (χ1n) is 8.07. The Labute approximate surface area is 147 Å². The predicted molar refractivity (Wildman–Crippen MR) is 98.7 cm³/mol. The van der Waals surface area contributed by atoms with Crippen LogP contribution in [0, 0.1) is 0 Å². The smallest absolute Gasteiger partial charge is 0.315 e. The van der Waals surface area contributed by atoms with E-state index in [1.165, 1.54) is 5.56 Å². The molecule has 2 rings (SSSR count). The average molecular weight is 347 g/mol. The molecule has 0 aliphatic rings. The van der Waals surface area contributed by atoms with Crippen LogP contribution in [0.2, 0.25) is 0 Å². The van der Waals surface area contributed by atoms with Crippen molar-refractivity contribution in [2.75, 3.05) is 13.6 Å². The maximum atomic E-state index is 12.0. The fourth-order valence-electron chi connectivity index (χ4n) is 2.50. The summed E-state index contributed by atoms with van der Waals surface area (Å²) in [6.07, 6.45) is 1.61. The molecule has 0 spiro atoms. The maximum Gasteiger partial charge on any atom is 0.315 e. The van der Waals surface area contributed by atoms with Gasteiger partial charge in [0, 0.05) is 18.6 Å². The predicted octanol–water partition coefficient (Wildman–Crippen LogP) is 2.51. The van der Waals surface area contributed by atoms with Crippen LogP contribution < -0.4 is 16.0 Å². The van der Waals surface area contributed by atoms with E-state index in [1.54, 1.807) is 23.5 Å². The van der Waals surface area contributed by atoms with Gasteiger partial charge in [0.2, 0.25) is 0 Å². The summed E-state index contributed by atoms with van der Waals surface area (Å²) in [5.74, 6) is 0.261. The number of hydrogen-bond acceptors (Lipinski definition) is 4. The molecule has 0 saturated heterocycles. The molecule has 1 unspecified atom stereocenters. The zero-order valence-corrected chi connectivity index (χ0v) is 14.9. The first-order valence-corrected chi connectivity index (χ1v) is 9.01. The van der Waals surface area contributed by atoms with Gasteiger partial charge in [-0.15, -0.1) is 0 Å². The summed E-state index contributed by atoms with van der Waals surface area (Å²) in [4.78, 5) is 12.0. The van der Waals surface area contributed by atoms with Crippen molar-refractivity contribution in [2.24, 2.45) is 0 Å². The van der Waals surface area contributed by atoms with E-state index in [4.69, 9.17) is 0 Å². The summed E-state index contributed by atoms with van der Waals surface area (Å²) in [5, 5.41) is 22.6. The third-order valence-corrected chi connectivity index (χ3v) is 4.57. The van der Waals surface area contributed by atoms with Crippen LogP contribution in [0.15, 0.2) is 41.1 Å². The number of phenolic OH excluding ortho intramolecular Hbond substituents is 1. The highest BCUT2D eigenvalue weighted by Gasteiger charge is 2.12. The zero-order valence-electron chi connectivity index (χ0n) is 14.1. The Kier molecular flexibility index (Phi) is 7.08. The van der Waals surface area contributed by atoms with Gasteiger partial charge in [0.1, 0.15) is 5.75 Å². The van der Waals surface area contributed by atoms with Crippen molar-refractivity contribution in [3.8, 4) is 5.75 Å². The van der Waals surface area contributed by atoms with Gasteiger partial charge < -0.3 is 21.1 Å². The van der Waals surface area contributed by atoms with Crippen molar-refractivity contribution >= 4 is 17.4 Å². The molecular weight excluding hydrogens is 322 g/mol. The molecule has 0 fully saturated rings. The molecule has 2 amide bonds. The van der Waals surface area contributed by atoms with E-state index in [0.717, 1.165) is 18.4 Å².